The Labute approximate surface area is 159 Å². The van der Waals surface area contributed by atoms with Gasteiger partial charge < -0.3 is 19.5 Å². The van der Waals surface area contributed by atoms with Crippen molar-refractivity contribution in [3.8, 4) is 11.8 Å². The first-order valence-corrected chi connectivity index (χ1v) is 8.76. The third-order valence-corrected chi connectivity index (χ3v) is 4.64. The number of H-pyrrole nitrogens is 1. The SMILES string of the molecule is N#Cc1c(N2CCCN(c3ccc(OC(F)(F)F)cc3)CC2)cc[nH]c1=S. The highest BCUT2D eigenvalue weighted by molar-refractivity contribution is 7.71. The number of nitrogens with one attached hydrogen (secondary N) is 1. The van der Waals surface area contributed by atoms with E-state index in [0.29, 0.717) is 23.3 Å². The van der Waals surface area contributed by atoms with Gasteiger partial charge in [-0.25, -0.2) is 0 Å². The zero-order valence-electron chi connectivity index (χ0n) is 14.3. The van der Waals surface area contributed by atoms with Crippen molar-refractivity contribution < 1.29 is 17.9 Å². The number of alkyl halides is 3. The molecule has 1 aliphatic heterocycles. The molecule has 1 aromatic carbocycles. The number of aromatic amines is 1. The van der Waals surface area contributed by atoms with E-state index >= 15 is 0 Å². The van der Waals surface area contributed by atoms with Gasteiger partial charge in [0, 0.05) is 38.1 Å². The average Bonchev–Trinajstić information content (AvgIpc) is 2.87. The molecule has 9 heteroatoms. The van der Waals surface area contributed by atoms with Crippen molar-refractivity contribution in [3.63, 3.8) is 0 Å². The van der Waals surface area contributed by atoms with Crippen LogP contribution < -0.4 is 14.5 Å². The number of anilines is 2. The normalized spacial score (nSPS) is 15.2. The van der Waals surface area contributed by atoms with E-state index in [4.69, 9.17) is 12.2 Å². The molecule has 0 spiro atoms. The molecule has 2 heterocycles. The summed E-state index contributed by atoms with van der Waals surface area (Å²) in [5, 5.41) is 9.37. The summed E-state index contributed by atoms with van der Waals surface area (Å²) < 4.78 is 41.1. The molecule has 0 aliphatic carbocycles. The van der Waals surface area contributed by atoms with Crippen LogP contribution in [0.3, 0.4) is 0 Å². The van der Waals surface area contributed by atoms with Crippen molar-refractivity contribution in [1.29, 1.82) is 5.26 Å². The Morgan fingerprint density at radius 1 is 1.04 bits per heavy atom. The Morgan fingerprint density at radius 2 is 1.70 bits per heavy atom. The van der Waals surface area contributed by atoms with Crippen molar-refractivity contribution in [1.82, 2.24) is 4.98 Å². The van der Waals surface area contributed by atoms with Crippen LogP contribution >= 0.6 is 12.2 Å². The molecule has 1 N–H and O–H groups in total. The Morgan fingerprint density at radius 3 is 2.37 bits per heavy atom. The maximum absolute atomic E-state index is 12.3. The van der Waals surface area contributed by atoms with Crippen LogP contribution in [0, 0.1) is 16.0 Å². The number of nitriles is 1. The summed E-state index contributed by atoms with van der Waals surface area (Å²) in [5.74, 6) is -0.236. The minimum Gasteiger partial charge on any atom is -0.406 e. The monoisotopic (exact) mass is 394 g/mol. The molecule has 0 amide bonds. The molecule has 0 unspecified atom stereocenters. The molecule has 0 atom stereocenters. The molecule has 1 fully saturated rings. The molecule has 0 saturated carbocycles. The van der Waals surface area contributed by atoms with E-state index in [0.717, 1.165) is 30.9 Å². The van der Waals surface area contributed by atoms with Gasteiger partial charge in [-0.2, -0.15) is 5.26 Å². The van der Waals surface area contributed by atoms with Gasteiger partial charge in [-0.15, -0.1) is 13.2 Å². The third-order valence-electron chi connectivity index (χ3n) is 4.32. The van der Waals surface area contributed by atoms with Crippen molar-refractivity contribution in [2.75, 3.05) is 36.0 Å². The fourth-order valence-corrected chi connectivity index (χ4v) is 3.33. The first kappa shape index (κ1) is 19.0. The number of hydrogen-bond acceptors (Lipinski definition) is 5. The standard InChI is InChI=1S/C18H17F3N4OS/c19-18(20,21)26-14-4-2-13(3-5-14)24-8-1-9-25(11-10-24)16-6-7-23-17(27)15(16)12-22/h2-7H,1,8-11H2,(H,23,27). The summed E-state index contributed by atoms with van der Waals surface area (Å²) in [6.45, 7) is 2.88. The smallest absolute Gasteiger partial charge is 0.406 e. The van der Waals surface area contributed by atoms with Crippen LogP contribution in [0.4, 0.5) is 24.5 Å². The summed E-state index contributed by atoms with van der Waals surface area (Å²) in [7, 11) is 0. The lowest BCUT2D eigenvalue weighted by Crippen LogP contribution is -2.31. The van der Waals surface area contributed by atoms with Gasteiger partial charge in [0.25, 0.3) is 0 Å². The van der Waals surface area contributed by atoms with Gasteiger partial charge >= 0.3 is 6.36 Å². The largest absolute Gasteiger partial charge is 0.573 e. The number of nitrogens with zero attached hydrogens (tertiary/aromatic N) is 3. The van der Waals surface area contributed by atoms with Gasteiger partial charge in [0.2, 0.25) is 0 Å². The van der Waals surface area contributed by atoms with Crippen LogP contribution in [0.1, 0.15) is 12.0 Å². The van der Waals surface area contributed by atoms with Crippen molar-refractivity contribution >= 4 is 23.6 Å². The van der Waals surface area contributed by atoms with Gasteiger partial charge in [-0.05, 0) is 36.8 Å². The molecule has 1 aromatic heterocycles. The number of halogens is 3. The Bertz CT molecular complexity index is 889. The number of pyridine rings is 1. The van der Waals surface area contributed by atoms with Crippen LogP contribution in [0.25, 0.3) is 0 Å². The number of benzene rings is 1. The molecule has 142 valence electrons. The van der Waals surface area contributed by atoms with E-state index in [-0.39, 0.29) is 5.75 Å². The van der Waals surface area contributed by atoms with E-state index in [1.807, 2.05) is 6.07 Å². The molecule has 1 saturated heterocycles. The van der Waals surface area contributed by atoms with Crippen LogP contribution in [0.5, 0.6) is 5.75 Å². The highest BCUT2D eigenvalue weighted by atomic mass is 32.1. The number of aromatic nitrogens is 1. The van der Waals surface area contributed by atoms with Gasteiger partial charge in [-0.3, -0.25) is 0 Å². The number of ether oxygens (including phenoxy) is 1. The van der Waals surface area contributed by atoms with E-state index < -0.39 is 6.36 Å². The lowest BCUT2D eigenvalue weighted by Gasteiger charge is -2.25. The Balaban J connectivity index is 1.71. The molecule has 0 radical (unpaired) electrons. The van der Waals surface area contributed by atoms with Gasteiger partial charge in [-0.1, -0.05) is 12.2 Å². The second kappa shape index (κ2) is 7.88. The highest BCUT2D eigenvalue weighted by Gasteiger charge is 2.31. The molecule has 0 bridgehead atoms. The molecule has 1 aliphatic rings. The second-order valence-corrected chi connectivity index (χ2v) is 6.46. The molecular formula is C18H17F3N4OS. The Hall–Kier alpha value is -2.73. The first-order valence-electron chi connectivity index (χ1n) is 8.35. The van der Waals surface area contributed by atoms with Crippen LogP contribution in [0.15, 0.2) is 36.5 Å². The zero-order valence-corrected chi connectivity index (χ0v) is 15.1. The summed E-state index contributed by atoms with van der Waals surface area (Å²) in [4.78, 5) is 7.08. The molecule has 2 aromatic rings. The van der Waals surface area contributed by atoms with Crippen LogP contribution in [-0.4, -0.2) is 37.5 Å². The predicted molar refractivity (Wildman–Crippen MR) is 98.5 cm³/mol. The highest BCUT2D eigenvalue weighted by Crippen LogP contribution is 2.27. The second-order valence-electron chi connectivity index (χ2n) is 6.05. The van der Waals surface area contributed by atoms with E-state index in [9.17, 15) is 18.4 Å². The summed E-state index contributed by atoms with van der Waals surface area (Å²) in [6.07, 6.45) is -2.13. The third kappa shape index (κ3) is 4.71. The van der Waals surface area contributed by atoms with Gasteiger partial charge in [0.1, 0.15) is 22.0 Å². The minimum atomic E-state index is -4.69. The van der Waals surface area contributed by atoms with Crippen LogP contribution in [-0.2, 0) is 0 Å². The van der Waals surface area contributed by atoms with Crippen LogP contribution in [0.2, 0.25) is 0 Å². The molecule has 27 heavy (non-hydrogen) atoms. The number of hydrogen-bond donors (Lipinski definition) is 1. The van der Waals surface area contributed by atoms with E-state index in [1.54, 1.807) is 18.3 Å². The van der Waals surface area contributed by atoms with Gasteiger partial charge in [0.15, 0.2) is 0 Å². The summed E-state index contributed by atoms with van der Waals surface area (Å²) in [5.41, 5.74) is 2.09. The summed E-state index contributed by atoms with van der Waals surface area (Å²) in [6, 6.07) is 9.87. The zero-order chi connectivity index (χ0) is 19.4. The van der Waals surface area contributed by atoms with E-state index in [2.05, 4.69) is 25.6 Å². The quantitative estimate of drug-likeness (QED) is 0.790. The first-order chi connectivity index (χ1) is 12.9. The van der Waals surface area contributed by atoms with Gasteiger partial charge in [0.05, 0.1) is 5.69 Å². The maximum atomic E-state index is 12.3. The van der Waals surface area contributed by atoms with Crippen molar-refractivity contribution in [2.24, 2.45) is 0 Å². The van der Waals surface area contributed by atoms with Crippen molar-refractivity contribution in [3.05, 3.63) is 46.7 Å². The molecule has 3 rings (SSSR count). The Kier molecular flexibility index (Phi) is 5.56. The lowest BCUT2D eigenvalue weighted by atomic mass is 10.2. The predicted octanol–water partition coefficient (Wildman–Crippen LogP) is 4.23. The number of rotatable bonds is 3. The summed E-state index contributed by atoms with van der Waals surface area (Å²) >= 11 is 5.18. The minimum absolute atomic E-state index is 0.236. The average molecular weight is 394 g/mol. The maximum Gasteiger partial charge on any atom is 0.573 e. The molecular weight excluding hydrogens is 377 g/mol. The lowest BCUT2D eigenvalue weighted by molar-refractivity contribution is -0.274. The van der Waals surface area contributed by atoms with E-state index in [1.165, 1.54) is 12.1 Å². The van der Waals surface area contributed by atoms with Crippen molar-refractivity contribution in [2.45, 2.75) is 12.8 Å². The molecule has 5 nitrogen and oxygen atoms in total. The fourth-order valence-electron chi connectivity index (χ4n) is 3.11. The fraction of sp³-hybridized carbons (Fsp3) is 0.333. The topological polar surface area (TPSA) is 55.3 Å².